The van der Waals surface area contributed by atoms with E-state index in [2.05, 4.69) is 15.1 Å². The van der Waals surface area contributed by atoms with Crippen LogP contribution >= 0.6 is 23.2 Å². The van der Waals surface area contributed by atoms with Gasteiger partial charge in [0.05, 0.1) is 27.7 Å². The fourth-order valence-electron chi connectivity index (χ4n) is 6.69. The van der Waals surface area contributed by atoms with Gasteiger partial charge in [-0.1, -0.05) is 47.5 Å². The second-order valence-corrected chi connectivity index (χ2v) is 13.5. The number of aryl methyl sites for hydroxylation is 2. The van der Waals surface area contributed by atoms with Crippen LogP contribution in [0, 0.1) is 13.8 Å². The smallest absolute Gasteiger partial charge is 0.335 e. The number of hydrogen-bond acceptors (Lipinski definition) is 4. The van der Waals surface area contributed by atoms with Crippen LogP contribution < -0.4 is 5.32 Å². The number of piperazine rings is 1. The molecule has 2 fully saturated rings. The van der Waals surface area contributed by atoms with Gasteiger partial charge in [0.25, 0.3) is 5.91 Å². The van der Waals surface area contributed by atoms with Gasteiger partial charge in [-0.3, -0.25) is 19.4 Å². The van der Waals surface area contributed by atoms with E-state index >= 15 is 0 Å². The van der Waals surface area contributed by atoms with Gasteiger partial charge in [-0.2, -0.15) is 26.3 Å². The molecule has 2 aliphatic heterocycles. The predicted molar refractivity (Wildman–Crippen MR) is 177 cm³/mol. The van der Waals surface area contributed by atoms with E-state index in [0.717, 1.165) is 22.4 Å². The second kappa shape index (κ2) is 14.9. The van der Waals surface area contributed by atoms with E-state index in [0.29, 0.717) is 56.2 Å². The summed E-state index contributed by atoms with van der Waals surface area (Å²) in [6.45, 7) is 6.79. The van der Waals surface area contributed by atoms with Crippen LogP contribution in [0.15, 0.2) is 54.6 Å². The van der Waals surface area contributed by atoms with E-state index in [1.54, 1.807) is 18.2 Å². The van der Waals surface area contributed by atoms with Crippen molar-refractivity contribution < 1.29 is 35.9 Å². The molecule has 2 heterocycles. The van der Waals surface area contributed by atoms with Gasteiger partial charge in [-0.25, -0.2) is 0 Å². The Morgan fingerprint density at radius 1 is 0.816 bits per heavy atom. The molecule has 264 valence electrons. The van der Waals surface area contributed by atoms with Crippen LogP contribution in [0.1, 0.15) is 51.0 Å². The van der Waals surface area contributed by atoms with Crippen molar-refractivity contribution in [2.45, 2.75) is 57.5 Å². The highest BCUT2D eigenvalue weighted by molar-refractivity contribution is 6.42. The third-order valence-corrected chi connectivity index (χ3v) is 10.0. The topological polar surface area (TPSA) is 55.9 Å². The number of alkyl halides is 6. The maximum absolute atomic E-state index is 13.8. The summed E-state index contributed by atoms with van der Waals surface area (Å²) in [7, 11) is 0. The number of anilines is 1. The molecule has 1 unspecified atom stereocenters. The Labute approximate surface area is 290 Å². The molecule has 0 saturated carbocycles. The summed E-state index contributed by atoms with van der Waals surface area (Å²) in [5.41, 5.74) is -0.269. The molecule has 2 saturated heterocycles. The molecule has 14 heteroatoms. The standard InChI is InChI=1S/C35H36Cl2F6N4O2/c1-21-4-3-5-22(2)32(21)44-31(48)20-45-10-12-46(13-11-45)27-8-9-47(28(19-27)14-23-6-7-29(36)30(37)15-23)33(49)24-16-25(34(38,39)40)18-26(17-24)35(41,42)43/h3-7,15-18,27-28H,8-14,19-20H2,1-2H3,(H,44,48)/t27?,28-/m0/s1. The van der Waals surface area contributed by atoms with Crippen molar-refractivity contribution in [3.05, 3.63) is 98.0 Å². The van der Waals surface area contributed by atoms with Gasteiger partial charge in [0, 0.05) is 56.1 Å². The lowest BCUT2D eigenvalue weighted by Crippen LogP contribution is -2.57. The summed E-state index contributed by atoms with van der Waals surface area (Å²) >= 11 is 12.3. The number of halogens is 8. The molecule has 6 nitrogen and oxygen atoms in total. The van der Waals surface area contributed by atoms with Crippen LogP contribution in [0.25, 0.3) is 0 Å². The SMILES string of the molecule is Cc1cccc(C)c1NC(=O)CN1CCN(C2CCN(C(=O)c3cc(C(F)(F)F)cc(C(F)(F)F)c3)[C@@H](Cc3ccc(Cl)c(Cl)c3)C2)CC1. The molecule has 2 atom stereocenters. The van der Waals surface area contributed by atoms with Crippen LogP contribution in [0.2, 0.25) is 10.0 Å². The van der Waals surface area contributed by atoms with E-state index in [1.807, 2.05) is 32.0 Å². The number of benzene rings is 3. The number of amides is 2. The van der Waals surface area contributed by atoms with Gasteiger partial charge >= 0.3 is 12.4 Å². The molecule has 0 radical (unpaired) electrons. The summed E-state index contributed by atoms with van der Waals surface area (Å²) < 4.78 is 81.7. The van der Waals surface area contributed by atoms with Crippen molar-refractivity contribution in [2.24, 2.45) is 0 Å². The Hall–Kier alpha value is -3.32. The Kier molecular flexibility index (Phi) is 11.2. The molecule has 2 aliphatic rings. The molecule has 2 amide bonds. The zero-order valence-corrected chi connectivity index (χ0v) is 28.4. The monoisotopic (exact) mass is 728 g/mol. The molecule has 3 aromatic carbocycles. The van der Waals surface area contributed by atoms with Crippen LogP contribution in [-0.4, -0.2) is 77.9 Å². The van der Waals surface area contributed by atoms with Crippen LogP contribution in [0.5, 0.6) is 0 Å². The predicted octanol–water partition coefficient (Wildman–Crippen LogP) is 8.12. The summed E-state index contributed by atoms with van der Waals surface area (Å²) in [5.74, 6) is -1.01. The maximum Gasteiger partial charge on any atom is 0.416 e. The Morgan fingerprint density at radius 2 is 1.43 bits per heavy atom. The molecule has 0 aliphatic carbocycles. The minimum Gasteiger partial charge on any atom is -0.335 e. The van der Waals surface area contributed by atoms with Crippen molar-refractivity contribution in [3.8, 4) is 0 Å². The van der Waals surface area contributed by atoms with Crippen molar-refractivity contribution in [2.75, 3.05) is 44.6 Å². The number of likely N-dealkylation sites (tertiary alicyclic amines) is 1. The van der Waals surface area contributed by atoms with Gasteiger partial charge in [0.2, 0.25) is 5.91 Å². The molecular formula is C35H36Cl2F6N4O2. The van der Waals surface area contributed by atoms with Gasteiger partial charge in [0.1, 0.15) is 0 Å². The van der Waals surface area contributed by atoms with E-state index in [9.17, 15) is 35.9 Å². The highest BCUT2D eigenvalue weighted by Crippen LogP contribution is 2.37. The first-order valence-electron chi connectivity index (χ1n) is 15.9. The minimum atomic E-state index is -5.08. The van der Waals surface area contributed by atoms with Gasteiger partial charge in [0.15, 0.2) is 0 Å². The molecule has 0 aromatic heterocycles. The average molecular weight is 730 g/mol. The lowest BCUT2D eigenvalue weighted by Gasteiger charge is -2.46. The van der Waals surface area contributed by atoms with Crippen LogP contribution in [0.3, 0.4) is 0 Å². The van der Waals surface area contributed by atoms with Crippen LogP contribution in [0.4, 0.5) is 32.0 Å². The number of carbonyl (C=O) groups is 2. The lowest BCUT2D eigenvalue weighted by molar-refractivity contribution is -0.143. The molecular weight excluding hydrogens is 693 g/mol. The minimum absolute atomic E-state index is 0.00494. The third-order valence-electron chi connectivity index (χ3n) is 9.28. The molecule has 0 bridgehead atoms. The van der Waals surface area contributed by atoms with Crippen LogP contribution in [-0.2, 0) is 23.6 Å². The first kappa shape index (κ1) is 36.9. The van der Waals surface area contributed by atoms with Crippen molar-refractivity contribution in [3.63, 3.8) is 0 Å². The van der Waals surface area contributed by atoms with Gasteiger partial charge in [-0.15, -0.1) is 0 Å². The highest BCUT2D eigenvalue weighted by atomic mass is 35.5. The number of nitrogens with one attached hydrogen (secondary N) is 1. The zero-order chi connectivity index (χ0) is 35.7. The fraction of sp³-hybridized carbons (Fsp3) is 0.429. The number of rotatable bonds is 7. The number of carbonyl (C=O) groups excluding carboxylic acids is 2. The van der Waals surface area contributed by atoms with Crippen molar-refractivity contribution >= 4 is 40.7 Å². The Balaban J connectivity index is 1.31. The molecule has 5 rings (SSSR count). The Morgan fingerprint density at radius 3 is 2.00 bits per heavy atom. The Bertz CT molecular complexity index is 1640. The molecule has 0 spiro atoms. The maximum atomic E-state index is 13.8. The van der Waals surface area contributed by atoms with Gasteiger partial charge < -0.3 is 10.2 Å². The normalized spacial score (nSPS) is 19.6. The summed E-state index contributed by atoms with van der Waals surface area (Å²) in [5, 5.41) is 3.62. The number of piperidine rings is 1. The summed E-state index contributed by atoms with van der Waals surface area (Å²) in [4.78, 5) is 32.3. The van der Waals surface area contributed by atoms with Crippen molar-refractivity contribution in [1.82, 2.24) is 14.7 Å². The number of hydrogen-bond donors (Lipinski definition) is 1. The molecule has 49 heavy (non-hydrogen) atoms. The van der Waals surface area contributed by atoms with E-state index in [-0.39, 0.29) is 42.5 Å². The number of para-hydroxylation sites is 1. The van der Waals surface area contributed by atoms with Crippen molar-refractivity contribution in [1.29, 1.82) is 0 Å². The zero-order valence-electron chi connectivity index (χ0n) is 26.9. The largest absolute Gasteiger partial charge is 0.416 e. The van der Waals surface area contributed by atoms with E-state index in [4.69, 9.17) is 23.2 Å². The molecule has 3 aromatic rings. The summed E-state index contributed by atoms with van der Waals surface area (Å²) in [6, 6.07) is 11.2. The summed E-state index contributed by atoms with van der Waals surface area (Å²) in [6.07, 6.45) is -8.98. The quantitative estimate of drug-likeness (QED) is 0.250. The first-order chi connectivity index (χ1) is 23.0. The highest BCUT2D eigenvalue weighted by Gasteiger charge is 2.40. The first-order valence-corrected chi connectivity index (χ1v) is 16.6. The third kappa shape index (κ3) is 9.08. The molecule has 1 N–H and O–H groups in total. The fourth-order valence-corrected chi connectivity index (χ4v) is 7.01. The van der Waals surface area contributed by atoms with Gasteiger partial charge in [-0.05, 0) is 80.1 Å². The number of nitrogens with zero attached hydrogens (tertiary/aromatic N) is 3. The van der Waals surface area contributed by atoms with E-state index in [1.165, 1.54) is 4.90 Å². The lowest BCUT2D eigenvalue weighted by atomic mass is 9.90. The average Bonchev–Trinajstić information content (AvgIpc) is 3.03. The second-order valence-electron chi connectivity index (χ2n) is 12.7. The van der Waals surface area contributed by atoms with E-state index < -0.39 is 41.0 Å².